The zero-order valence-corrected chi connectivity index (χ0v) is 35.2. The van der Waals surface area contributed by atoms with Crippen molar-refractivity contribution >= 4 is 83.8 Å². The minimum atomic E-state index is -4.58. The SMILES string of the molecule is NS(=O)(=O)c1ccccc1S(=O)(=O)NC(=O)c1ccc(Br)c(OCCC(F)F)c1.NS(=O)(=O)c1ccccc1S(=O)(=O)NC(=O)c1ccc(Br)c(OCCCF)c1. The highest BCUT2D eigenvalue weighted by atomic mass is 79.9. The highest BCUT2D eigenvalue weighted by molar-refractivity contribution is 9.11. The molecule has 0 aromatic heterocycles. The van der Waals surface area contributed by atoms with Gasteiger partial charge >= 0.3 is 0 Å². The molecule has 310 valence electrons. The number of primary sulfonamides is 2. The Morgan fingerprint density at radius 1 is 0.614 bits per heavy atom. The van der Waals surface area contributed by atoms with E-state index in [2.05, 4.69) is 31.9 Å². The van der Waals surface area contributed by atoms with E-state index in [4.69, 9.17) is 19.8 Å². The lowest BCUT2D eigenvalue weighted by atomic mass is 10.2. The van der Waals surface area contributed by atoms with Crippen molar-refractivity contribution < 1.29 is 65.9 Å². The molecule has 0 atom stereocenters. The first kappa shape index (κ1) is 47.3. The topological polar surface area (TPSA) is 265 Å². The number of nitrogens with two attached hydrogens (primary N) is 2. The molecule has 0 saturated carbocycles. The lowest BCUT2D eigenvalue weighted by Gasteiger charge is -2.12. The summed E-state index contributed by atoms with van der Waals surface area (Å²) in [4.78, 5) is 22.1. The fraction of sp³-hybridized carbons (Fsp3) is 0.188. The molecule has 0 aliphatic heterocycles. The molecule has 16 nitrogen and oxygen atoms in total. The molecular formula is C32H31Br2F3N4O12S4. The number of sulfonamides is 4. The van der Waals surface area contributed by atoms with E-state index in [-0.39, 0.29) is 42.3 Å². The maximum Gasteiger partial charge on any atom is 0.265 e. The van der Waals surface area contributed by atoms with E-state index in [1.165, 1.54) is 54.6 Å². The van der Waals surface area contributed by atoms with E-state index in [0.717, 1.165) is 30.3 Å². The molecule has 0 saturated heterocycles. The average Bonchev–Trinajstić information content (AvgIpc) is 3.12. The number of hydrogen-bond acceptors (Lipinski definition) is 12. The van der Waals surface area contributed by atoms with Crippen LogP contribution < -0.4 is 29.2 Å². The molecule has 4 rings (SSSR count). The summed E-state index contributed by atoms with van der Waals surface area (Å²) in [6.45, 7) is -0.818. The molecule has 0 spiro atoms. The molecule has 0 aliphatic carbocycles. The van der Waals surface area contributed by atoms with Crippen molar-refractivity contribution in [2.24, 2.45) is 10.3 Å². The van der Waals surface area contributed by atoms with Crippen LogP contribution in [-0.2, 0) is 40.1 Å². The Hall–Kier alpha value is -4.11. The zero-order chi connectivity index (χ0) is 42.8. The van der Waals surface area contributed by atoms with E-state index < -0.39 is 91.0 Å². The Kier molecular flexibility index (Phi) is 16.6. The Bertz CT molecular complexity index is 2570. The van der Waals surface area contributed by atoms with Gasteiger partial charge in [0.2, 0.25) is 26.5 Å². The summed E-state index contributed by atoms with van der Waals surface area (Å²) in [5, 5.41) is 10.1. The van der Waals surface area contributed by atoms with E-state index >= 15 is 0 Å². The number of halogens is 5. The van der Waals surface area contributed by atoms with Gasteiger partial charge in [0, 0.05) is 24.0 Å². The molecule has 57 heavy (non-hydrogen) atoms. The van der Waals surface area contributed by atoms with Crippen molar-refractivity contribution in [1.29, 1.82) is 0 Å². The van der Waals surface area contributed by atoms with Gasteiger partial charge in [0.05, 0.1) is 28.8 Å². The van der Waals surface area contributed by atoms with E-state index in [1.807, 2.05) is 0 Å². The summed E-state index contributed by atoms with van der Waals surface area (Å²) >= 11 is 6.35. The number of carbonyl (C=O) groups excluding carboxylic acids is 2. The fourth-order valence-electron chi connectivity index (χ4n) is 4.29. The molecule has 4 aromatic carbocycles. The number of benzene rings is 4. The highest BCUT2D eigenvalue weighted by Gasteiger charge is 2.28. The fourth-order valence-corrected chi connectivity index (χ4v) is 9.73. The Morgan fingerprint density at radius 3 is 1.33 bits per heavy atom. The van der Waals surface area contributed by atoms with Crippen LogP contribution in [0.5, 0.6) is 11.5 Å². The van der Waals surface area contributed by atoms with Gasteiger partial charge < -0.3 is 9.47 Å². The molecule has 6 N–H and O–H groups in total. The number of ether oxygens (including phenoxy) is 2. The number of nitrogens with one attached hydrogen (secondary N) is 2. The van der Waals surface area contributed by atoms with Crippen molar-refractivity contribution in [3.63, 3.8) is 0 Å². The highest BCUT2D eigenvalue weighted by Crippen LogP contribution is 2.28. The molecule has 0 fully saturated rings. The van der Waals surface area contributed by atoms with Gasteiger partial charge in [-0.2, -0.15) is 0 Å². The van der Waals surface area contributed by atoms with E-state index in [0.29, 0.717) is 8.95 Å². The quantitative estimate of drug-likeness (QED) is 0.115. The van der Waals surface area contributed by atoms with Crippen molar-refractivity contribution in [2.75, 3.05) is 19.9 Å². The van der Waals surface area contributed by atoms with Crippen LogP contribution in [0.25, 0.3) is 0 Å². The number of rotatable bonds is 16. The third-order valence-electron chi connectivity index (χ3n) is 6.86. The van der Waals surface area contributed by atoms with Gasteiger partial charge in [0.1, 0.15) is 31.1 Å². The lowest BCUT2D eigenvalue weighted by Crippen LogP contribution is -2.32. The average molecular weight is 1010 g/mol. The Balaban J connectivity index is 0.000000306. The van der Waals surface area contributed by atoms with Crippen molar-refractivity contribution in [3.05, 3.63) is 105 Å². The Morgan fingerprint density at radius 2 is 0.982 bits per heavy atom. The number of alkyl halides is 3. The largest absolute Gasteiger partial charge is 0.492 e. The predicted octanol–water partition coefficient (Wildman–Crippen LogP) is 4.20. The second kappa shape index (κ2) is 20.0. The minimum absolute atomic E-state index is 0.0561. The zero-order valence-electron chi connectivity index (χ0n) is 28.8. The van der Waals surface area contributed by atoms with Crippen molar-refractivity contribution in [3.8, 4) is 11.5 Å². The van der Waals surface area contributed by atoms with Gasteiger partial charge in [0.15, 0.2) is 0 Å². The van der Waals surface area contributed by atoms with Crippen LogP contribution in [0.2, 0.25) is 0 Å². The Labute approximate surface area is 342 Å². The molecule has 0 radical (unpaired) electrons. The normalized spacial score (nSPS) is 11.9. The minimum Gasteiger partial charge on any atom is -0.492 e. The van der Waals surface area contributed by atoms with Gasteiger partial charge in [0.25, 0.3) is 31.9 Å². The second-order valence-corrected chi connectivity index (χ2v) is 19.1. The number of hydrogen-bond donors (Lipinski definition) is 4. The smallest absolute Gasteiger partial charge is 0.265 e. The van der Waals surface area contributed by atoms with Crippen LogP contribution >= 0.6 is 31.9 Å². The van der Waals surface area contributed by atoms with Gasteiger partial charge in [-0.3, -0.25) is 14.0 Å². The molecule has 0 unspecified atom stereocenters. The van der Waals surface area contributed by atoms with Gasteiger partial charge in [-0.25, -0.2) is 62.2 Å². The molecule has 4 aromatic rings. The predicted molar refractivity (Wildman–Crippen MR) is 205 cm³/mol. The van der Waals surface area contributed by atoms with Crippen LogP contribution in [0.4, 0.5) is 13.2 Å². The van der Waals surface area contributed by atoms with Crippen molar-refractivity contribution in [2.45, 2.75) is 38.8 Å². The molecule has 0 heterocycles. The second-order valence-electron chi connectivity index (χ2n) is 11.1. The summed E-state index contributed by atoms with van der Waals surface area (Å²) in [7, 11) is -17.8. The summed E-state index contributed by atoms with van der Waals surface area (Å²) in [6.07, 6.45) is -2.94. The van der Waals surface area contributed by atoms with E-state index in [9.17, 15) is 56.4 Å². The van der Waals surface area contributed by atoms with Crippen LogP contribution in [0.3, 0.4) is 0 Å². The monoisotopic (exact) mass is 1010 g/mol. The van der Waals surface area contributed by atoms with Crippen LogP contribution in [0.15, 0.2) is 113 Å². The van der Waals surface area contributed by atoms with Crippen LogP contribution in [0.1, 0.15) is 33.6 Å². The van der Waals surface area contributed by atoms with Crippen LogP contribution in [0, 0.1) is 0 Å². The number of amides is 2. The molecule has 0 bridgehead atoms. The summed E-state index contributed by atoms with van der Waals surface area (Å²) in [5.74, 6) is -1.81. The van der Waals surface area contributed by atoms with Gasteiger partial charge in [-0.15, -0.1) is 0 Å². The summed E-state index contributed by atoms with van der Waals surface area (Å²) < 4.78 is 148. The molecular weight excluding hydrogens is 977 g/mol. The molecule has 0 aliphatic rings. The van der Waals surface area contributed by atoms with Gasteiger partial charge in [-0.05, 0) is 92.5 Å². The third kappa shape index (κ3) is 13.8. The summed E-state index contributed by atoms with van der Waals surface area (Å²) in [6, 6.07) is 17.0. The maximum atomic E-state index is 12.5. The maximum absolute atomic E-state index is 12.5. The third-order valence-corrected chi connectivity index (χ3v) is 13.1. The summed E-state index contributed by atoms with van der Waals surface area (Å²) in [5.41, 5.74) is -0.216. The first-order valence-corrected chi connectivity index (χ1v) is 23.2. The first-order chi connectivity index (χ1) is 26.5. The number of carbonyl (C=O) groups is 2. The van der Waals surface area contributed by atoms with Crippen molar-refractivity contribution in [1.82, 2.24) is 9.44 Å². The standard InChI is InChI=1S/C16H15BrF2N2O6S2.C16H16BrFN2O6S2/c17-11-6-5-10(9-12(11)27-8-7-15(18)19)16(22)21-29(25,26)14-4-2-1-3-13(14)28(20,23)24;17-12-7-6-11(10-13(12)26-9-3-8-18)16(21)20-28(24,25)15-5-2-1-4-14(15)27(19,22)23/h1-6,9,15H,7-8H2,(H,21,22)(H2,20,23,24);1-2,4-7,10H,3,8-9H2,(H,20,21)(H2,19,22,23). The van der Waals surface area contributed by atoms with E-state index in [1.54, 1.807) is 9.44 Å². The molecule has 25 heteroatoms. The lowest BCUT2D eigenvalue weighted by molar-refractivity contribution is 0.0971. The van der Waals surface area contributed by atoms with Crippen LogP contribution in [-0.4, -0.2) is 71.8 Å². The molecule has 2 amide bonds. The van der Waals surface area contributed by atoms with Gasteiger partial charge in [-0.1, -0.05) is 24.3 Å². The first-order valence-electron chi connectivity index (χ1n) is 15.5.